The van der Waals surface area contributed by atoms with Gasteiger partial charge >= 0.3 is 0 Å². The van der Waals surface area contributed by atoms with Gasteiger partial charge in [-0.15, -0.1) is 0 Å². The fraction of sp³-hybridized carbons (Fsp3) is 0.0526. The quantitative estimate of drug-likeness (QED) is 0.659. The molecule has 0 aliphatic rings. The molecule has 26 heavy (non-hydrogen) atoms. The van der Waals surface area contributed by atoms with Gasteiger partial charge < -0.3 is 15.6 Å². The van der Waals surface area contributed by atoms with Crippen LogP contribution in [-0.4, -0.2) is 21.8 Å². The molecule has 0 aliphatic heterocycles. The third-order valence-corrected chi connectivity index (χ3v) is 3.65. The van der Waals surface area contributed by atoms with Gasteiger partial charge in [-0.3, -0.25) is 14.6 Å². The van der Waals surface area contributed by atoms with Crippen molar-refractivity contribution < 1.29 is 9.59 Å². The number of aromatic amines is 1. The third kappa shape index (κ3) is 4.13. The molecule has 128 valence electrons. The molecule has 1 aromatic carbocycles. The number of nitriles is 1. The number of aromatic nitrogens is 2. The van der Waals surface area contributed by atoms with Gasteiger partial charge in [-0.2, -0.15) is 5.26 Å². The minimum absolute atomic E-state index is 0.232. The van der Waals surface area contributed by atoms with Crippen LogP contribution in [0.1, 0.15) is 32.0 Å². The van der Waals surface area contributed by atoms with Gasteiger partial charge in [0.25, 0.3) is 11.8 Å². The van der Waals surface area contributed by atoms with Crippen molar-refractivity contribution in [3.8, 4) is 6.07 Å². The number of nitrogens with zero attached hydrogens (tertiary/aromatic N) is 2. The average molecular weight is 345 g/mol. The van der Waals surface area contributed by atoms with E-state index in [0.29, 0.717) is 29.1 Å². The van der Waals surface area contributed by atoms with Gasteiger partial charge in [-0.1, -0.05) is 12.1 Å². The van der Waals surface area contributed by atoms with Crippen LogP contribution < -0.4 is 10.6 Å². The summed E-state index contributed by atoms with van der Waals surface area (Å²) in [6, 6.07) is 13.9. The van der Waals surface area contributed by atoms with Crippen LogP contribution in [0, 0.1) is 11.3 Å². The van der Waals surface area contributed by atoms with Gasteiger partial charge in [0.1, 0.15) is 11.8 Å². The van der Waals surface area contributed by atoms with Gasteiger partial charge in [0, 0.05) is 24.5 Å². The molecular weight excluding hydrogens is 330 g/mol. The molecule has 2 aromatic heterocycles. The molecule has 7 heteroatoms. The number of anilines is 1. The molecule has 0 unspecified atom stereocenters. The fourth-order valence-electron chi connectivity index (χ4n) is 2.29. The van der Waals surface area contributed by atoms with Crippen LogP contribution in [0.3, 0.4) is 0 Å². The molecule has 0 atom stereocenters. The summed E-state index contributed by atoms with van der Waals surface area (Å²) in [5.74, 6) is -0.508. The maximum Gasteiger partial charge on any atom is 0.255 e. The minimum Gasteiger partial charge on any atom is -0.352 e. The van der Waals surface area contributed by atoms with Crippen molar-refractivity contribution in [3.63, 3.8) is 0 Å². The number of H-pyrrole nitrogens is 1. The predicted molar refractivity (Wildman–Crippen MR) is 95.3 cm³/mol. The first kappa shape index (κ1) is 16.9. The zero-order valence-corrected chi connectivity index (χ0v) is 13.7. The van der Waals surface area contributed by atoms with E-state index in [4.69, 9.17) is 5.26 Å². The van der Waals surface area contributed by atoms with Crippen LogP contribution in [0.5, 0.6) is 0 Å². The molecule has 0 saturated carbocycles. The molecule has 3 N–H and O–H groups in total. The number of benzene rings is 1. The topological polar surface area (TPSA) is 111 Å². The largest absolute Gasteiger partial charge is 0.352 e. The van der Waals surface area contributed by atoms with E-state index in [2.05, 4.69) is 20.6 Å². The van der Waals surface area contributed by atoms with Crippen LogP contribution >= 0.6 is 0 Å². The molecule has 0 bridgehead atoms. The number of pyridine rings is 1. The van der Waals surface area contributed by atoms with E-state index in [1.165, 1.54) is 12.3 Å². The first-order valence-electron chi connectivity index (χ1n) is 7.83. The summed E-state index contributed by atoms with van der Waals surface area (Å²) in [5.41, 5.74) is 2.71. The van der Waals surface area contributed by atoms with Gasteiger partial charge in [0.05, 0.1) is 17.4 Å². The Bertz CT molecular complexity index is 956. The van der Waals surface area contributed by atoms with Crippen molar-refractivity contribution in [1.29, 1.82) is 5.26 Å². The van der Waals surface area contributed by atoms with Crippen LogP contribution in [0.25, 0.3) is 0 Å². The van der Waals surface area contributed by atoms with E-state index in [-0.39, 0.29) is 11.8 Å². The molecule has 0 spiro atoms. The highest BCUT2D eigenvalue weighted by molar-refractivity contribution is 6.04. The fourth-order valence-corrected chi connectivity index (χ4v) is 2.29. The number of rotatable bonds is 5. The summed E-state index contributed by atoms with van der Waals surface area (Å²) in [7, 11) is 0. The number of carbonyl (C=O) groups excluding carboxylic acids is 2. The smallest absolute Gasteiger partial charge is 0.255 e. The molecule has 7 nitrogen and oxygen atoms in total. The van der Waals surface area contributed by atoms with E-state index < -0.39 is 0 Å². The van der Waals surface area contributed by atoms with Crippen molar-refractivity contribution in [3.05, 3.63) is 83.4 Å². The number of amides is 2. The predicted octanol–water partition coefficient (Wildman–Crippen LogP) is 2.46. The van der Waals surface area contributed by atoms with Crippen molar-refractivity contribution in [1.82, 2.24) is 15.3 Å². The van der Waals surface area contributed by atoms with Crippen molar-refractivity contribution in [2.45, 2.75) is 6.54 Å². The monoisotopic (exact) mass is 345 g/mol. The molecule has 0 saturated heterocycles. The second kappa shape index (κ2) is 7.77. The molecule has 3 rings (SSSR count). The number of hydrogen-bond acceptors (Lipinski definition) is 4. The van der Waals surface area contributed by atoms with Gasteiger partial charge in [-0.25, -0.2) is 0 Å². The number of hydrogen-bond donors (Lipinski definition) is 3. The van der Waals surface area contributed by atoms with Crippen LogP contribution in [0.15, 0.2) is 61.1 Å². The maximum atomic E-state index is 12.2. The number of carbonyl (C=O) groups is 2. The minimum atomic E-state index is -0.277. The third-order valence-electron chi connectivity index (χ3n) is 3.65. The molecule has 3 aromatic rings. The molecular formula is C19H15N5O2. The molecule has 2 heterocycles. The lowest BCUT2D eigenvalue weighted by molar-refractivity contribution is 0.0950. The lowest BCUT2D eigenvalue weighted by atomic mass is 10.1. The Morgan fingerprint density at radius 1 is 1.12 bits per heavy atom. The summed E-state index contributed by atoms with van der Waals surface area (Å²) in [6.07, 6.45) is 4.69. The van der Waals surface area contributed by atoms with Crippen LogP contribution in [0.4, 0.5) is 5.69 Å². The normalized spacial score (nSPS) is 9.96. The van der Waals surface area contributed by atoms with Crippen molar-refractivity contribution in [2.24, 2.45) is 0 Å². The maximum absolute atomic E-state index is 12.2. The highest BCUT2D eigenvalue weighted by atomic mass is 16.2. The van der Waals surface area contributed by atoms with E-state index in [9.17, 15) is 9.59 Å². The summed E-state index contributed by atoms with van der Waals surface area (Å²) in [5, 5.41) is 14.3. The highest BCUT2D eigenvalue weighted by Gasteiger charge is 2.09. The average Bonchev–Trinajstić information content (AvgIpc) is 3.17. The van der Waals surface area contributed by atoms with E-state index in [1.54, 1.807) is 48.8 Å². The van der Waals surface area contributed by atoms with Crippen LogP contribution in [-0.2, 0) is 6.54 Å². The van der Waals surface area contributed by atoms with E-state index in [1.807, 2.05) is 6.07 Å². The second-order valence-electron chi connectivity index (χ2n) is 5.49. The zero-order chi connectivity index (χ0) is 18.4. The first-order chi connectivity index (χ1) is 12.7. The standard InChI is InChI=1S/C19H15N5O2/c20-9-17-8-15(11-22-17)18(25)23-10-13-3-5-14(6-4-13)19(26)24-16-2-1-7-21-12-16/h1-8,11-12,22H,10H2,(H,23,25)(H,24,26). The van der Waals surface area contributed by atoms with Crippen molar-refractivity contribution in [2.75, 3.05) is 5.32 Å². The zero-order valence-electron chi connectivity index (χ0n) is 13.7. The lowest BCUT2D eigenvalue weighted by Crippen LogP contribution is -2.22. The molecule has 0 radical (unpaired) electrons. The molecule has 2 amide bonds. The second-order valence-corrected chi connectivity index (χ2v) is 5.49. The SMILES string of the molecule is N#Cc1cc(C(=O)NCc2ccc(C(=O)Nc3cccnc3)cc2)c[nH]1. The first-order valence-corrected chi connectivity index (χ1v) is 7.83. The Kier molecular flexibility index (Phi) is 5.05. The summed E-state index contributed by atoms with van der Waals surface area (Å²) < 4.78 is 0. The van der Waals surface area contributed by atoms with E-state index >= 15 is 0 Å². The van der Waals surface area contributed by atoms with Gasteiger partial charge in [0.15, 0.2) is 0 Å². The van der Waals surface area contributed by atoms with Crippen molar-refractivity contribution >= 4 is 17.5 Å². The Morgan fingerprint density at radius 2 is 1.92 bits per heavy atom. The van der Waals surface area contributed by atoms with Crippen LogP contribution in [0.2, 0.25) is 0 Å². The Hall–Kier alpha value is -3.92. The van der Waals surface area contributed by atoms with Gasteiger partial charge in [0.2, 0.25) is 0 Å². The lowest BCUT2D eigenvalue weighted by Gasteiger charge is -2.07. The Morgan fingerprint density at radius 3 is 2.58 bits per heavy atom. The summed E-state index contributed by atoms with van der Waals surface area (Å²) >= 11 is 0. The summed E-state index contributed by atoms with van der Waals surface area (Å²) in [6.45, 7) is 0.316. The summed E-state index contributed by atoms with van der Waals surface area (Å²) in [4.78, 5) is 30.8. The molecule has 0 aliphatic carbocycles. The van der Waals surface area contributed by atoms with Gasteiger partial charge in [-0.05, 0) is 35.9 Å². The Labute approximate surface area is 149 Å². The number of nitrogens with one attached hydrogen (secondary N) is 3. The van der Waals surface area contributed by atoms with E-state index in [0.717, 1.165) is 5.56 Å². The highest BCUT2D eigenvalue weighted by Crippen LogP contribution is 2.09. The molecule has 0 fully saturated rings. The Balaban J connectivity index is 1.56.